The van der Waals surface area contributed by atoms with Crippen molar-refractivity contribution in [3.05, 3.63) is 326 Å². The zero-order valence-corrected chi connectivity index (χ0v) is 68.8. The molecule has 0 saturated carbocycles. The SMILES string of the molecule is CC(=O)C=C(C)O.CC(=O)C=C(C)O.CCc1c[c-]c(-c2nccc3ccccc23)cc1.COc1c[c-]c(-c2nccc3ccccc23)cc1.Cc1c[c-]c(-c2ccc3ccccc3n2)cc1C.[Ir].[Ir].[Ir].[Ir].[Ir].[c-]1c(-c2ccccn2)sc2ccccc12.[c-]1ccccc1-c1ccccn1. The van der Waals surface area contributed by atoms with E-state index in [0.29, 0.717) is 0 Å². The van der Waals surface area contributed by atoms with Gasteiger partial charge in [0.2, 0.25) is 0 Å². The normalized spacial score (nSPS) is 10.1. The van der Waals surface area contributed by atoms with Crippen LogP contribution in [0.5, 0.6) is 5.75 Å². The zero-order chi connectivity index (χ0) is 67.3. The number of pyridine rings is 5. The number of aromatic nitrogens is 5. The van der Waals surface area contributed by atoms with Crippen LogP contribution in [0.3, 0.4) is 0 Å². The predicted molar refractivity (Wildman–Crippen MR) is 390 cm³/mol. The number of methoxy groups -OCH3 is 1. The van der Waals surface area contributed by atoms with Gasteiger partial charge < -0.3 is 34.9 Å². The molecule has 0 spiro atoms. The topological polar surface area (TPSA) is 148 Å². The first-order valence-corrected chi connectivity index (χ1v) is 31.5. The van der Waals surface area contributed by atoms with Crippen LogP contribution >= 0.6 is 11.3 Å². The van der Waals surface area contributed by atoms with E-state index in [4.69, 9.17) is 14.9 Å². The molecule has 14 rings (SSSR count). The number of carbonyl (C=O) groups excluding carboxylic acids is 2. The number of nitrogens with zero attached hydrogens (tertiary/aromatic N) is 5. The van der Waals surface area contributed by atoms with Crippen molar-refractivity contribution in [2.45, 2.75) is 54.9 Å². The Kier molecular flexibility index (Phi) is 39.1. The van der Waals surface area contributed by atoms with Crippen LogP contribution in [0.1, 0.15) is 51.3 Å². The van der Waals surface area contributed by atoms with Gasteiger partial charge in [0.05, 0.1) is 24.1 Å². The molecule has 0 atom stereocenters. The molecule has 0 amide bonds. The van der Waals surface area contributed by atoms with Gasteiger partial charge in [0.15, 0.2) is 11.6 Å². The quantitative estimate of drug-likeness (QED) is 0.0813. The second kappa shape index (κ2) is 45.5. The van der Waals surface area contributed by atoms with Gasteiger partial charge in [-0.2, -0.15) is 0 Å². The van der Waals surface area contributed by atoms with E-state index in [1.165, 1.54) is 88.2 Å². The summed E-state index contributed by atoms with van der Waals surface area (Å²) in [6.45, 7) is 12.1. The number of carbonyl (C=O) groups is 2. The maximum Gasteiger partial charge on any atom is 0.155 e. The smallest absolute Gasteiger partial charge is 0.155 e. The number of benzene rings is 8. The first kappa shape index (κ1) is 85.9. The van der Waals surface area contributed by atoms with E-state index in [-0.39, 0.29) is 124 Å². The third-order valence-corrected chi connectivity index (χ3v) is 15.3. The number of aliphatic hydroxyl groups excluding tert-OH is 2. The zero-order valence-electron chi connectivity index (χ0n) is 56.0. The number of allylic oxidation sites excluding steroid dienone is 4. The summed E-state index contributed by atoms with van der Waals surface area (Å²) in [5.74, 6) is 0.680. The monoisotopic (exact) mass is 2230 g/mol. The number of thiophene rings is 1. The van der Waals surface area contributed by atoms with Crippen LogP contribution in [0, 0.1) is 44.2 Å². The Labute approximate surface area is 658 Å². The minimum absolute atomic E-state index is 0. The average molecular weight is 2220 g/mol. The van der Waals surface area contributed by atoms with Crippen molar-refractivity contribution >= 4 is 65.4 Å². The fourth-order valence-electron chi connectivity index (χ4n) is 9.41. The molecule has 0 aliphatic heterocycles. The second-order valence-corrected chi connectivity index (χ2v) is 22.6. The minimum atomic E-state index is -0.125. The minimum Gasteiger partial charge on any atom is -0.540 e. The van der Waals surface area contributed by atoms with Gasteiger partial charge in [-0.25, -0.2) is 11.3 Å². The summed E-state index contributed by atoms with van der Waals surface area (Å²) < 4.78 is 6.40. The van der Waals surface area contributed by atoms with Gasteiger partial charge in [-0.1, -0.05) is 142 Å². The number of aryl methyl sites for hydroxylation is 3. The van der Waals surface area contributed by atoms with Crippen LogP contribution in [0.15, 0.2) is 279 Å². The van der Waals surface area contributed by atoms with Crippen molar-refractivity contribution < 1.29 is 125 Å². The van der Waals surface area contributed by atoms with Gasteiger partial charge in [-0.15, -0.1) is 160 Å². The fraction of sp³-hybridized carbons (Fsp3) is 0.107. The predicted octanol–water partition coefficient (Wildman–Crippen LogP) is 20.7. The first-order chi connectivity index (χ1) is 46.2. The van der Waals surface area contributed by atoms with Crippen molar-refractivity contribution in [2.24, 2.45) is 0 Å². The molecule has 519 valence electrons. The van der Waals surface area contributed by atoms with Crippen molar-refractivity contribution in [1.29, 1.82) is 0 Å². The maximum absolute atomic E-state index is 10.0. The molecule has 10 nitrogen and oxygen atoms in total. The molecule has 0 unspecified atom stereocenters. The van der Waals surface area contributed by atoms with E-state index < -0.39 is 0 Å². The number of para-hydroxylation sites is 1. The van der Waals surface area contributed by atoms with Crippen molar-refractivity contribution in [2.75, 3.05) is 7.11 Å². The average Bonchev–Trinajstić information content (AvgIpc) is 0.867. The Morgan fingerprint density at radius 1 is 0.470 bits per heavy atom. The molecule has 0 aliphatic carbocycles. The summed E-state index contributed by atoms with van der Waals surface area (Å²) >= 11 is 1.73. The molecule has 14 aromatic rings. The van der Waals surface area contributed by atoms with Crippen LogP contribution in [0.4, 0.5) is 0 Å². The van der Waals surface area contributed by atoms with Crippen LogP contribution in [-0.2, 0) is 117 Å². The molecule has 100 heavy (non-hydrogen) atoms. The number of hydrogen-bond donors (Lipinski definition) is 2. The van der Waals surface area contributed by atoms with Crippen LogP contribution in [-0.4, -0.2) is 53.8 Å². The number of hydrogen-bond acceptors (Lipinski definition) is 11. The standard InChI is InChI=1S/2C17H14N.C16H12NO.C13H8NS.C11H8N.2C5H8O2.5Ir/c1-12-7-8-15(11-13(12)2)17-10-9-14-5-3-4-6-16(14)18-17;1-2-13-7-9-15(10-8-13)17-16-6-4-3-5-14(16)11-12-18-17;1-18-14-8-6-13(7-9-14)16-15-5-3-2-4-12(15)10-11-17-16;1-2-7-12-10(5-1)9-13(15-12)11-6-3-4-8-14-11;1-2-6-10(7-3-1)11-8-4-5-9-12-11;2*1-4(6)3-5(2)7;;;;;/h3-7,9-11H,1-2H3;3-9,11-12H,2H2,1H3;2-6,8-11H,1H3;1-8H;1-6,8-9H;2*3,6H,1-2H3;;;;;/q5*-1;;;;;;;. The Morgan fingerprint density at radius 2 is 1.00 bits per heavy atom. The Bertz CT molecular complexity index is 4590. The fourth-order valence-corrected chi connectivity index (χ4v) is 10.4. The molecule has 16 heteroatoms. The second-order valence-electron chi connectivity index (χ2n) is 21.5. The molecule has 0 fully saturated rings. The van der Waals surface area contributed by atoms with Crippen molar-refractivity contribution in [3.63, 3.8) is 0 Å². The van der Waals surface area contributed by atoms with E-state index in [1.54, 1.807) is 24.6 Å². The summed E-state index contributed by atoms with van der Waals surface area (Å²) in [6, 6.07) is 93.4. The van der Waals surface area contributed by atoms with Crippen molar-refractivity contribution in [3.8, 4) is 61.4 Å². The number of ketones is 2. The number of fused-ring (bicyclic) bond motifs is 4. The Balaban J connectivity index is 0.000000308. The summed E-state index contributed by atoms with van der Waals surface area (Å²) in [5, 5.41) is 23.8. The molecular weight excluding hydrogens is 2150 g/mol. The van der Waals surface area contributed by atoms with E-state index >= 15 is 0 Å². The van der Waals surface area contributed by atoms with Gasteiger partial charge in [-0.05, 0) is 117 Å². The number of ether oxygens (including phenoxy) is 1. The summed E-state index contributed by atoms with van der Waals surface area (Å²) in [7, 11) is 1.65. The largest absolute Gasteiger partial charge is 0.540 e. The summed E-state index contributed by atoms with van der Waals surface area (Å²) in [5.41, 5.74) is 13.9. The van der Waals surface area contributed by atoms with E-state index in [9.17, 15) is 9.59 Å². The number of rotatable bonds is 9. The van der Waals surface area contributed by atoms with Gasteiger partial charge >= 0.3 is 0 Å². The van der Waals surface area contributed by atoms with Gasteiger partial charge in [0.25, 0.3) is 0 Å². The maximum atomic E-state index is 10.0. The first-order valence-electron chi connectivity index (χ1n) is 30.7. The van der Waals surface area contributed by atoms with Crippen LogP contribution in [0.25, 0.3) is 98.1 Å². The summed E-state index contributed by atoms with van der Waals surface area (Å²) in [4.78, 5) is 43.3. The molecular formula is C84H72Ir5N5O5S-5. The Morgan fingerprint density at radius 3 is 1.49 bits per heavy atom. The molecule has 0 bridgehead atoms. The molecule has 0 aliphatic rings. The van der Waals surface area contributed by atoms with E-state index in [2.05, 4.69) is 167 Å². The van der Waals surface area contributed by atoms with Crippen LogP contribution < -0.4 is 4.74 Å². The molecule has 5 radical (unpaired) electrons. The third-order valence-electron chi connectivity index (χ3n) is 14.2. The van der Waals surface area contributed by atoms with E-state index in [1.807, 2.05) is 158 Å². The Hall–Kier alpha value is -8.28. The molecule has 8 aromatic carbocycles. The molecule has 2 N–H and O–H groups in total. The van der Waals surface area contributed by atoms with Gasteiger partial charge in [-0.3, -0.25) is 14.6 Å². The molecule has 6 heterocycles. The third kappa shape index (κ3) is 27.0. The van der Waals surface area contributed by atoms with Gasteiger partial charge in [0.1, 0.15) is 0 Å². The van der Waals surface area contributed by atoms with Crippen molar-refractivity contribution in [1.82, 2.24) is 24.9 Å². The van der Waals surface area contributed by atoms with Gasteiger partial charge in [0, 0.05) is 149 Å². The van der Waals surface area contributed by atoms with E-state index in [0.717, 1.165) is 78.7 Å². The van der Waals surface area contributed by atoms with Crippen LogP contribution in [0.2, 0.25) is 0 Å². The molecule has 6 aromatic heterocycles. The number of aliphatic hydroxyl groups is 2. The summed E-state index contributed by atoms with van der Waals surface area (Å²) in [6.07, 6.45) is 10.7. The molecule has 0 saturated heterocycles.